The van der Waals surface area contributed by atoms with Crippen molar-refractivity contribution in [1.82, 2.24) is 4.90 Å². The number of aliphatic carboxylic acids is 1. The molecule has 1 fully saturated rings. The van der Waals surface area contributed by atoms with Crippen LogP contribution in [0.5, 0.6) is 0 Å². The second-order valence-corrected chi connectivity index (χ2v) is 5.73. The van der Waals surface area contributed by atoms with Crippen LogP contribution >= 0.6 is 0 Å². The van der Waals surface area contributed by atoms with E-state index in [0.29, 0.717) is 13.1 Å². The predicted molar refractivity (Wildman–Crippen MR) is 72.0 cm³/mol. The van der Waals surface area contributed by atoms with E-state index in [9.17, 15) is 19.1 Å². The van der Waals surface area contributed by atoms with Gasteiger partial charge in [-0.1, -0.05) is 12.1 Å². The summed E-state index contributed by atoms with van der Waals surface area (Å²) in [4.78, 5) is 24.3. The Morgan fingerprint density at radius 1 is 1.45 bits per heavy atom. The highest BCUT2D eigenvalue weighted by Gasteiger charge is 2.43. The van der Waals surface area contributed by atoms with Gasteiger partial charge in [0.15, 0.2) is 0 Å². The largest absolute Gasteiger partial charge is 0.480 e. The van der Waals surface area contributed by atoms with Gasteiger partial charge in [0.1, 0.15) is 17.6 Å². The monoisotopic (exact) mass is 279 g/mol. The van der Waals surface area contributed by atoms with Crippen LogP contribution in [0.4, 0.5) is 4.39 Å². The molecule has 1 aromatic carbocycles. The molecular weight excluding hydrogens is 261 g/mol. The average Bonchev–Trinajstić information content (AvgIpc) is 2.83. The van der Waals surface area contributed by atoms with E-state index >= 15 is 0 Å². The Balaban J connectivity index is 2.27. The van der Waals surface area contributed by atoms with Crippen molar-refractivity contribution in [3.05, 3.63) is 35.6 Å². The number of rotatable bonds is 4. The van der Waals surface area contributed by atoms with Crippen LogP contribution in [0.15, 0.2) is 24.3 Å². The van der Waals surface area contributed by atoms with Gasteiger partial charge in [-0.3, -0.25) is 9.69 Å². The standard InChI is InChI=1S/C15H18FNO3/c1-15(2,14(19)20)17-7-11(9-18)13(8-17)10-4-3-5-12(16)6-10/h3-6,9,11,13H,7-8H2,1-2H3,(H,19,20). The van der Waals surface area contributed by atoms with Crippen molar-refractivity contribution < 1.29 is 19.1 Å². The summed E-state index contributed by atoms with van der Waals surface area (Å²) in [5.74, 6) is -1.75. The zero-order chi connectivity index (χ0) is 14.9. The molecule has 0 saturated carbocycles. The first kappa shape index (κ1) is 14.7. The molecule has 4 nitrogen and oxygen atoms in total. The fourth-order valence-electron chi connectivity index (χ4n) is 2.65. The number of carboxylic acids is 1. The minimum Gasteiger partial charge on any atom is -0.480 e. The minimum absolute atomic E-state index is 0.165. The van der Waals surface area contributed by atoms with Gasteiger partial charge in [-0.2, -0.15) is 0 Å². The summed E-state index contributed by atoms with van der Waals surface area (Å²) in [6.07, 6.45) is 0.841. The number of carboxylic acid groups (broad SMARTS) is 1. The van der Waals surface area contributed by atoms with E-state index in [1.807, 2.05) is 0 Å². The third-order valence-electron chi connectivity index (χ3n) is 4.13. The van der Waals surface area contributed by atoms with Crippen LogP contribution in [-0.4, -0.2) is 40.9 Å². The van der Waals surface area contributed by atoms with Crippen LogP contribution in [0.1, 0.15) is 25.3 Å². The molecule has 1 aliphatic rings. The molecule has 0 bridgehead atoms. The Morgan fingerprint density at radius 3 is 2.70 bits per heavy atom. The summed E-state index contributed by atoms with van der Waals surface area (Å²) in [6, 6.07) is 6.16. The van der Waals surface area contributed by atoms with E-state index in [-0.39, 0.29) is 17.7 Å². The number of carbonyl (C=O) groups is 2. The van der Waals surface area contributed by atoms with Crippen LogP contribution in [0.25, 0.3) is 0 Å². The van der Waals surface area contributed by atoms with E-state index in [1.165, 1.54) is 12.1 Å². The molecule has 1 saturated heterocycles. The smallest absolute Gasteiger partial charge is 0.323 e. The van der Waals surface area contributed by atoms with Gasteiger partial charge in [-0.25, -0.2) is 4.39 Å². The van der Waals surface area contributed by atoms with Crippen LogP contribution in [-0.2, 0) is 9.59 Å². The van der Waals surface area contributed by atoms with Crippen LogP contribution < -0.4 is 0 Å². The van der Waals surface area contributed by atoms with Crippen molar-refractivity contribution in [2.75, 3.05) is 13.1 Å². The Labute approximate surface area is 117 Å². The highest BCUT2D eigenvalue weighted by Crippen LogP contribution is 2.35. The third kappa shape index (κ3) is 2.58. The molecular formula is C15H18FNO3. The Hall–Kier alpha value is -1.75. The van der Waals surface area contributed by atoms with Crippen molar-refractivity contribution in [2.24, 2.45) is 5.92 Å². The highest BCUT2D eigenvalue weighted by molar-refractivity contribution is 5.78. The fourth-order valence-corrected chi connectivity index (χ4v) is 2.65. The zero-order valence-electron chi connectivity index (χ0n) is 11.5. The summed E-state index contributed by atoms with van der Waals surface area (Å²) in [7, 11) is 0. The lowest BCUT2D eigenvalue weighted by molar-refractivity contribution is -0.148. The average molecular weight is 279 g/mol. The zero-order valence-corrected chi connectivity index (χ0v) is 11.5. The van der Waals surface area contributed by atoms with E-state index in [2.05, 4.69) is 0 Å². The quantitative estimate of drug-likeness (QED) is 0.855. The molecule has 1 N–H and O–H groups in total. The molecule has 0 aromatic heterocycles. The van der Waals surface area contributed by atoms with E-state index in [0.717, 1.165) is 11.8 Å². The fraction of sp³-hybridized carbons (Fsp3) is 0.467. The van der Waals surface area contributed by atoms with Crippen molar-refractivity contribution >= 4 is 12.3 Å². The number of likely N-dealkylation sites (tertiary alicyclic amines) is 1. The molecule has 1 aromatic rings. The van der Waals surface area contributed by atoms with Gasteiger partial charge < -0.3 is 9.90 Å². The molecule has 2 unspecified atom stereocenters. The molecule has 0 spiro atoms. The van der Waals surface area contributed by atoms with Crippen molar-refractivity contribution in [3.8, 4) is 0 Å². The number of carbonyl (C=O) groups excluding carboxylic acids is 1. The number of nitrogens with zero attached hydrogens (tertiary/aromatic N) is 1. The molecule has 20 heavy (non-hydrogen) atoms. The van der Waals surface area contributed by atoms with Gasteiger partial charge in [0.05, 0.1) is 0 Å². The molecule has 2 rings (SSSR count). The van der Waals surface area contributed by atoms with Gasteiger partial charge >= 0.3 is 5.97 Å². The van der Waals surface area contributed by atoms with Crippen LogP contribution in [0.2, 0.25) is 0 Å². The normalized spacial score (nSPS) is 23.8. The number of halogens is 1. The summed E-state index contributed by atoms with van der Waals surface area (Å²) >= 11 is 0. The first-order valence-electron chi connectivity index (χ1n) is 6.55. The van der Waals surface area contributed by atoms with E-state index in [1.54, 1.807) is 30.9 Å². The summed E-state index contributed by atoms with van der Waals surface area (Å²) < 4.78 is 13.3. The topological polar surface area (TPSA) is 57.6 Å². The van der Waals surface area contributed by atoms with Crippen molar-refractivity contribution in [1.29, 1.82) is 0 Å². The lowest BCUT2D eigenvalue weighted by atomic mass is 9.90. The van der Waals surface area contributed by atoms with E-state index in [4.69, 9.17) is 0 Å². The molecule has 0 amide bonds. The van der Waals surface area contributed by atoms with Gasteiger partial charge in [-0.15, -0.1) is 0 Å². The van der Waals surface area contributed by atoms with Gasteiger partial charge in [0, 0.05) is 24.9 Å². The lowest BCUT2D eigenvalue weighted by Crippen LogP contribution is -2.49. The molecule has 5 heteroatoms. The number of aldehydes is 1. The summed E-state index contributed by atoms with van der Waals surface area (Å²) in [5, 5.41) is 9.27. The van der Waals surface area contributed by atoms with E-state index < -0.39 is 11.5 Å². The molecule has 0 radical (unpaired) electrons. The molecule has 2 atom stereocenters. The van der Waals surface area contributed by atoms with Crippen molar-refractivity contribution in [3.63, 3.8) is 0 Å². The SMILES string of the molecule is CC(C)(C(=O)O)N1CC(C=O)C(c2cccc(F)c2)C1. The second kappa shape index (κ2) is 5.32. The maximum atomic E-state index is 13.3. The highest BCUT2D eigenvalue weighted by atomic mass is 19.1. The Kier molecular flexibility index (Phi) is 3.90. The first-order valence-corrected chi connectivity index (χ1v) is 6.55. The Morgan fingerprint density at radius 2 is 2.15 bits per heavy atom. The number of hydrogen-bond donors (Lipinski definition) is 1. The van der Waals surface area contributed by atoms with Gasteiger partial charge in [0.2, 0.25) is 0 Å². The number of hydrogen-bond acceptors (Lipinski definition) is 3. The molecule has 1 heterocycles. The Bertz CT molecular complexity index is 530. The second-order valence-electron chi connectivity index (χ2n) is 5.73. The third-order valence-corrected chi connectivity index (χ3v) is 4.13. The maximum absolute atomic E-state index is 13.3. The summed E-state index contributed by atoms with van der Waals surface area (Å²) in [5.41, 5.74) is -0.297. The number of benzene rings is 1. The van der Waals surface area contributed by atoms with Gasteiger partial charge in [-0.05, 0) is 31.5 Å². The van der Waals surface area contributed by atoms with Crippen LogP contribution in [0, 0.1) is 11.7 Å². The van der Waals surface area contributed by atoms with Crippen molar-refractivity contribution in [2.45, 2.75) is 25.3 Å². The molecule has 1 aliphatic heterocycles. The van der Waals surface area contributed by atoms with Crippen LogP contribution in [0.3, 0.4) is 0 Å². The first-order chi connectivity index (χ1) is 9.36. The lowest BCUT2D eigenvalue weighted by Gasteiger charge is -2.31. The van der Waals surface area contributed by atoms with Gasteiger partial charge in [0.25, 0.3) is 0 Å². The molecule has 108 valence electrons. The maximum Gasteiger partial charge on any atom is 0.323 e. The predicted octanol–water partition coefficient (Wildman–Crippen LogP) is 1.90. The minimum atomic E-state index is -1.04. The molecule has 0 aliphatic carbocycles. The summed E-state index contributed by atoms with van der Waals surface area (Å²) in [6.45, 7) is 4.05.